The SMILES string of the molecule is CC(C)(C)c1ccc(-c2cc(C(C)(C)C)cc(-c3ccccc3)c2-n2[c](=[Pt])n(-c3[c-]c(Oc4cccc(N5B(c6ccccc6)n6c7ccccc7c7cc[c-]c5c76)n4)ccc3)c3ccccc32)cc1. The third-order valence-corrected chi connectivity index (χ3v) is 14.7. The Bertz CT molecular complexity index is 3860. The van der Waals surface area contributed by atoms with Gasteiger partial charge in [-0.2, -0.15) is 12.1 Å². The second-order valence-electron chi connectivity index (χ2n) is 20.2. The van der Waals surface area contributed by atoms with Gasteiger partial charge in [-0.3, -0.25) is 0 Å². The number of ether oxygens (including phenoxy) is 1. The molecule has 344 valence electrons. The summed E-state index contributed by atoms with van der Waals surface area (Å²) in [6.07, 6.45) is 0. The van der Waals surface area contributed by atoms with E-state index in [1.165, 1.54) is 44.1 Å². The maximum atomic E-state index is 6.73. The van der Waals surface area contributed by atoms with Gasteiger partial charge in [0.05, 0.1) is 0 Å². The van der Waals surface area contributed by atoms with Crippen molar-refractivity contribution in [3.8, 4) is 45.3 Å². The minimum atomic E-state index is -0.179. The Morgan fingerprint density at radius 1 is 0.557 bits per heavy atom. The Hall–Kier alpha value is -7.47. The molecule has 4 heterocycles. The van der Waals surface area contributed by atoms with Gasteiger partial charge in [0.15, 0.2) is 0 Å². The molecule has 12 rings (SSSR count). The van der Waals surface area contributed by atoms with Crippen molar-refractivity contribution in [3.05, 3.63) is 221 Å². The molecule has 0 radical (unpaired) electrons. The Morgan fingerprint density at radius 2 is 1.17 bits per heavy atom. The average Bonchev–Trinajstić information content (AvgIpc) is 4.00. The van der Waals surface area contributed by atoms with E-state index in [0.717, 1.165) is 54.3 Å². The molecule has 11 aromatic rings. The molecule has 0 unspecified atom stereocenters. The molecular weight excluding hydrogens is 1040 g/mol. The molecule has 3 aromatic heterocycles. The van der Waals surface area contributed by atoms with Crippen LogP contribution < -0.4 is 15.0 Å². The molecule has 0 spiro atoms. The van der Waals surface area contributed by atoms with E-state index in [4.69, 9.17) is 9.72 Å². The molecule has 0 atom stereocenters. The van der Waals surface area contributed by atoms with Gasteiger partial charge in [0.25, 0.3) is 0 Å². The molecule has 1 aliphatic heterocycles. The maximum absolute atomic E-state index is 6.73. The number of fused-ring (bicyclic) bond motifs is 4. The first kappa shape index (κ1) is 43.8. The molecule has 8 aromatic carbocycles. The number of pyridine rings is 1. The summed E-state index contributed by atoms with van der Waals surface area (Å²) in [5.41, 5.74) is 15.8. The van der Waals surface area contributed by atoms with Crippen molar-refractivity contribution in [1.82, 2.24) is 18.6 Å². The molecule has 8 heteroatoms. The molecule has 0 bridgehead atoms. The molecule has 1 aliphatic rings. The molecule has 0 fully saturated rings. The van der Waals surface area contributed by atoms with E-state index in [1.54, 1.807) is 0 Å². The van der Waals surface area contributed by atoms with Gasteiger partial charge < -0.3 is 0 Å². The van der Waals surface area contributed by atoms with E-state index in [0.29, 0.717) is 11.6 Å². The monoisotopic (exact) mass is 1090 g/mol. The first-order valence-electron chi connectivity index (χ1n) is 23.9. The fourth-order valence-corrected chi connectivity index (χ4v) is 11.3. The molecule has 0 amide bonds. The van der Waals surface area contributed by atoms with Gasteiger partial charge in [-0.25, -0.2) is 0 Å². The van der Waals surface area contributed by atoms with Gasteiger partial charge in [-0.05, 0) is 11.5 Å². The topological polar surface area (TPSA) is 40.1 Å². The van der Waals surface area contributed by atoms with Gasteiger partial charge in [0.1, 0.15) is 0 Å². The first-order valence-corrected chi connectivity index (χ1v) is 25.0. The van der Waals surface area contributed by atoms with Gasteiger partial charge >= 0.3 is 340 Å². The van der Waals surface area contributed by atoms with Crippen LogP contribution in [0.3, 0.4) is 0 Å². The van der Waals surface area contributed by atoms with Crippen molar-refractivity contribution in [2.24, 2.45) is 0 Å². The van der Waals surface area contributed by atoms with Crippen molar-refractivity contribution in [2.45, 2.75) is 52.4 Å². The fraction of sp³-hybridized carbons (Fsp3) is 0.129. The Labute approximate surface area is 420 Å². The van der Waals surface area contributed by atoms with Crippen LogP contribution in [0, 0.1) is 15.9 Å². The van der Waals surface area contributed by atoms with Crippen LogP contribution in [0.2, 0.25) is 0 Å². The minimum absolute atomic E-state index is 0.0330. The number of anilines is 2. The Kier molecular flexibility index (Phi) is 10.6. The van der Waals surface area contributed by atoms with Crippen LogP contribution in [-0.4, -0.2) is 25.6 Å². The van der Waals surface area contributed by atoms with E-state index >= 15 is 0 Å². The normalized spacial score (nSPS) is 12.7. The quantitative estimate of drug-likeness (QED) is 0.112. The number of nitrogens with zero attached hydrogens (tertiary/aromatic N) is 5. The van der Waals surface area contributed by atoms with E-state index in [1.807, 2.05) is 30.3 Å². The predicted molar refractivity (Wildman–Crippen MR) is 285 cm³/mol. The second kappa shape index (κ2) is 16.9. The van der Waals surface area contributed by atoms with Crippen LogP contribution in [0.5, 0.6) is 11.6 Å². The molecule has 0 saturated heterocycles. The fourth-order valence-electron chi connectivity index (χ4n) is 10.2. The van der Waals surface area contributed by atoms with Crippen LogP contribution in [0.25, 0.3) is 66.5 Å². The average molecular weight is 1090 g/mol. The standard InChI is InChI=1S/C62H50BN5O.Pt/c1-61(2,3)44-36-34-43(35-37-44)52-39-45(62(4,5)6)38-51(42-20-9-7-10-21-42)59(52)66-41-65(54-29-15-16-30-55(54)66)47-24-17-25-48(40-47)69-58-33-19-32-57(64-58)67-56-31-18-27-50-49-26-13-14-28-53(49)68(60(50)56)63(67)46-22-11-8-12-23-46;/h7-30,32-39H,1-6H3;/q-2;. The summed E-state index contributed by atoms with van der Waals surface area (Å²) >= 11 is 2.51. The third kappa shape index (κ3) is 7.38. The van der Waals surface area contributed by atoms with Gasteiger partial charge in [-0.15, -0.1) is 5.39 Å². The van der Waals surface area contributed by atoms with E-state index < -0.39 is 0 Å². The van der Waals surface area contributed by atoms with E-state index in [9.17, 15) is 0 Å². The second-order valence-corrected chi connectivity index (χ2v) is 21.2. The van der Waals surface area contributed by atoms with Crippen LogP contribution in [-0.2, 0) is 30.2 Å². The van der Waals surface area contributed by atoms with Crippen molar-refractivity contribution in [2.75, 3.05) is 4.81 Å². The van der Waals surface area contributed by atoms with Crippen LogP contribution >= 0.6 is 0 Å². The zero-order valence-corrected chi connectivity index (χ0v) is 42.3. The summed E-state index contributed by atoms with van der Waals surface area (Å²) in [6, 6.07) is 76.3. The number of imidazole rings is 1. The summed E-state index contributed by atoms with van der Waals surface area (Å²) in [5, 5.41) is 2.43. The molecule has 0 saturated carbocycles. The van der Waals surface area contributed by atoms with Gasteiger partial charge in [-0.1, -0.05) is 48.5 Å². The number of hydrogen-bond donors (Lipinski definition) is 0. The van der Waals surface area contributed by atoms with Crippen LogP contribution in [0.4, 0.5) is 11.5 Å². The number of para-hydroxylation sites is 3. The van der Waals surface area contributed by atoms with Gasteiger partial charge in [0, 0.05) is 5.52 Å². The summed E-state index contributed by atoms with van der Waals surface area (Å²) in [5.74, 6) is 1.80. The molecule has 6 nitrogen and oxygen atoms in total. The number of benzene rings is 8. The summed E-state index contributed by atoms with van der Waals surface area (Å²) in [7, 11) is 0. The number of hydrogen-bond acceptors (Lipinski definition) is 3. The third-order valence-electron chi connectivity index (χ3n) is 13.7. The first-order chi connectivity index (χ1) is 33.9. The van der Waals surface area contributed by atoms with E-state index in [2.05, 4.69) is 255 Å². The number of aromatic nitrogens is 4. The van der Waals surface area contributed by atoms with E-state index in [-0.39, 0.29) is 17.8 Å². The molecule has 70 heavy (non-hydrogen) atoms. The van der Waals surface area contributed by atoms with Crippen molar-refractivity contribution >= 4 is 56.8 Å². The zero-order chi connectivity index (χ0) is 47.9. The van der Waals surface area contributed by atoms with Crippen molar-refractivity contribution in [1.29, 1.82) is 0 Å². The molecule has 0 N–H and O–H groups in total. The summed E-state index contributed by atoms with van der Waals surface area (Å²) < 4.78 is 14.9. The van der Waals surface area contributed by atoms with Gasteiger partial charge in [0.2, 0.25) is 0 Å². The summed E-state index contributed by atoms with van der Waals surface area (Å²) in [4.78, 5) is 7.51. The summed E-state index contributed by atoms with van der Waals surface area (Å²) in [6.45, 7) is 13.5. The van der Waals surface area contributed by atoms with Crippen LogP contribution in [0.15, 0.2) is 194 Å². The predicted octanol–water partition coefficient (Wildman–Crippen LogP) is 14.7. The van der Waals surface area contributed by atoms with Crippen LogP contribution in [0.1, 0.15) is 52.7 Å². The van der Waals surface area contributed by atoms with Crippen molar-refractivity contribution < 1.29 is 24.1 Å². The van der Waals surface area contributed by atoms with Crippen molar-refractivity contribution in [3.63, 3.8) is 0 Å². The number of rotatable bonds is 8. The zero-order valence-electron chi connectivity index (χ0n) is 40.0. The Balaban J connectivity index is 0.980. The Morgan fingerprint density at radius 3 is 1.87 bits per heavy atom. The molecule has 0 aliphatic carbocycles. The molecular formula is C62H50BN5OPt-2.